The summed E-state index contributed by atoms with van der Waals surface area (Å²) in [4.78, 5) is 4.29. The van der Waals surface area contributed by atoms with Gasteiger partial charge in [-0.25, -0.2) is 0 Å². The highest BCUT2D eigenvalue weighted by molar-refractivity contribution is 5.28. The van der Waals surface area contributed by atoms with Crippen molar-refractivity contribution in [2.24, 2.45) is 0 Å². The number of nitrogens with one attached hydrogen (secondary N) is 1. The van der Waals surface area contributed by atoms with Gasteiger partial charge in [-0.15, -0.1) is 0 Å². The summed E-state index contributed by atoms with van der Waals surface area (Å²) in [5, 5.41) is 3.62. The summed E-state index contributed by atoms with van der Waals surface area (Å²) in [6.07, 6.45) is 6.45. The van der Waals surface area contributed by atoms with Crippen LogP contribution in [0, 0.1) is 0 Å². The van der Waals surface area contributed by atoms with Crippen LogP contribution < -0.4 is 10.1 Å². The van der Waals surface area contributed by atoms with Crippen LogP contribution >= 0.6 is 0 Å². The van der Waals surface area contributed by atoms with Gasteiger partial charge in [0.05, 0.1) is 24.9 Å². The SMILES string of the molecule is CCCNC(c1cncc(OC)c1)C1(OC)CCOCC1. The van der Waals surface area contributed by atoms with Crippen LogP contribution in [0.25, 0.3) is 0 Å². The molecule has 0 aromatic carbocycles. The largest absolute Gasteiger partial charge is 0.495 e. The Kier molecular flexibility index (Phi) is 5.96. The summed E-state index contributed by atoms with van der Waals surface area (Å²) in [5.41, 5.74) is 0.855. The Balaban J connectivity index is 2.31. The molecule has 0 amide bonds. The molecule has 0 radical (unpaired) electrons. The lowest BCUT2D eigenvalue weighted by molar-refractivity contribution is -0.111. The van der Waals surface area contributed by atoms with Crippen LogP contribution in [0.4, 0.5) is 0 Å². The molecule has 1 aromatic heterocycles. The van der Waals surface area contributed by atoms with Crippen molar-refractivity contribution in [1.82, 2.24) is 10.3 Å². The Morgan fingerprint density at radius 3 is 2.71 bits per heavy atom. The number of ether oxygens (including phenoxy) is 3. The van der Waals surface area contributed by atoms with Crippen molar-refractivity contribution in [2.45, 2.75) is 37.8 Å². The molecule has 118 valence electrons. The van der Waals surface area contributed by atoms with E-state index in [1.54, 1.807) is 20.4 Å². The van der Waals surface area contributed by atoms with Gasteiger partial charge in [-0.1, -0.05) is 6.92 Å². The van der Waals surface area contributed by atoms with Crippen LogP contribution in [0.5, 0.6) is 5.75 Å². The van der Waals surface area contributed by atoms with E-state index in [2.05, 4.69) is 17.2 Å². The Hall–Kier alpha value is -1.17. The maximum atomic E-state index is 5.95. The van der Waals surface area contributed by atoms with Gasteiger partial charge in [0.25, 0.3) is 0 Å². The van der Waals surface area contributed by atoms with E-state index in [0.29, 0.717) is 0 Å². The van der Waals surface area contributed by atoms with Crippen molar-refractivity contribution in [2.75, 3.05) is 34.0 Å². The van der Waals surface area contributed by atoms with Crippen molar-refractivity contribution < 1.29 is 14.2 Å². The van der Waals surface area contributed by atoms with E-state index in [4.69, 9.17) is 14.2 Å². The lowest BCUT2D eigenvalue weighted by Crippen LogP contribution is -2.49. The van der Waals surface area contributed by atoms with Crippen molar-refractivity contribution >= 4 is 0 Å². The zero-order valence-electron chi connectivity index (χ0n) is 13.2. The standard InChI is InChI=1S/C16H26N2O3/c1-4-7-18-15(13-10-14(19-2)12-17-11-13)16(20-3)5-8-21-9-6-16/h10-12,15,18H,4-9H2,1-3H3. The monoisotopic (exact) mass is 294 g/mol. The first-order valence-electron chi connectivity index (χ1n) is 7.61. The van der Waals surface area contributed by atoms with Crippen molar-refractivity contribution in [3.63, 3.8) is 0 Å². The first-order valence-corrected chi connectivity index (χ1v) is 7.61. The van der Waals surface area contributed by atoms with E-state index < -0.39 is 0 Å². The second-order valence-electron chi connectivity index (χ2n) is 5.43. The molecule has 0 spiro atoms. The maximum Gasteiger partial charge on any atom is 0.137 e. The fraction of sp³-hybridized carbons (Fsp3) is 0.688. The predicted octanol–water partition coefficient (Wildman–Crippen LogP) is 2.33. The average Bonchev–Trinajstić information content (AvgIpc) is 2.56. The van der Waals surface area contributed by atoms with E-state index in [1.807, 2.05) is 12.3 Å². The smallest absolute Gasteiger partial charge is 0.137 e. The van der Waals surface area contributed by atoms with Crippen molar-refractivity contribution in [3.8, 4) is 5.75 Å². The molecule has 1 saturated heterocycles. The quantitative estimate of drug-likeness (QED) is 0.836. The van der Waals surface area contributed by atoms with Gasteiger partial charge in [0.2, 0.25) is 0 Å². The molecule has 0 bridgehead atoms. The third-order valence-electron chi connectivity index (χ3n) is 4.17. The molecule has 1 aliphatic rings. The molecule has 5 nitrogen and oxygen atoms in total. The first kappa shape index (κ1) is 16.2. The Morgan fingerprint density at radius 1 is 1.33 bits per heavy atom. The van der Waals surface area contributed by atoms with Crippen molar-refractivity contribution in [1.29, 1.82) is 0 Å². The van der Waals surface area contributed by atoms with Gasteiger partial charge in [-0.05, 0) is 24.6 Å². The summed E-state index contributed by atoms with van der Waals surface area (Å²) in [6, 6.07) is 2.13. The van der Waals surface area contributed by atoms with Crippen LogP contribution in [0.2, 0.25) is 0 Å². The first-order chi connectivity index (χ1) is 10.3. The molecule has 5 heteroatoms. The highest BCUT2D eigenvalue weighted by atomic mass is 16.5. The number of pyridine rings is 1. The molecule has 2 rings (SSSR count). The molecule has 1 aliphatic heterocycles. The molecule has 21 heavy (non-hydrogen) atoms. The average molecular weight is 294 g/mol. The molecule has 0 aliphatic carbocycles. The Morgan fingerprint density at radius 2 is 2.10 bits per heavy atom. The highest BCUT2D eigenvalue weighted by Crippen LogP contribution is 2.37. The minimum Gasteiger partial charge on any atom is -0.495 e. The second kappa shape index (κ2) is 7.73. The fourth-order valence-corrected chi connectivity index (χ4v) is 2.93. The second-order valence-corrected chi connectivity index (χ2v) is 5.43. The van der Waals surface area contributed by atoms with E-state index in [-0.39, 0.29) is 11.6 Å². The molecule has 1 aromatic rings. The van der Waals surface area contributed by atoms with Crippen molar-refractivity contribution in [3.05, 3.63) is 24.0 Å². The van der Waals surface area contributed by atoms with Crippen LogP contribution in [0.15, 0.2) is 18.5 Å². The summed E-state index contributed by atoms with van der Waals surface area (Å²) >= 11 is 0. The topological polar surface area (TPSA) is 52.6 Å². The zero-order chi connectivity index (χ0) is 15.1. The van der Waals surface area contributed by atoms with Crippen LogP contribution in [-0.4, -0.2) is 44.6 Å². The predicted molar refractivity (Wildman–Crippen MR) is 81.6 cm³/mol. The molecule has 1 atom stereocenters. The third kappa shape index (κ3) is 3.73. The Bertz CT molecular complexity index is 433. The molecular formula is C16H26N2O3. The minimum absolute atomic E-state index is 0.0916. The maximum absolute atomic E-state index is 5.95. The number of rotatable bonds is 7. The summed E-state index contributed by atoms with van der Waals surface area (Å²) in [5.74, 6) is 0.772. The van der Waals surface area contributed by atoms with Gasteiger partial charge in [0, 0.05) is 39.4 Å². The summed E-state index contributed by atoms with van der Waals surface area (Å²) in [6.45, 7) is 4.57. The van der Waals surface area contributed by atoms with Crippen LogP contribution in [0.1, 0.15) is 37.8 Å². The lowest BCUT2D eigenvalue weighted by Gasteiger charge is -2.43. The lowest BCUT2D eigenvalue weighted by atomic mass is 9.82. The number of hydrogen-bond donors (Lipinski definition) is 1. The van der Waals surface area contributed by atoms with Gasteiger partial charge >= 0.3 is 0 Å². The third-order valence-corrected chi connectivity index (χ3v) is 4.17. The number of aromatic nitrogens is 1. The minimum atomic E-state index is -0.249. The molecule has 1 fully saturated rings. The summed E-state index contributed by atoms with van der Waals surface area (Å²) in [7, 11) is 3.45. The Labute approximate surface area is 127 Å². The zero-order valence-corrected chi connectivity index (χ0v) is 13.2. The highest BCUT2D eigenvalue weighted by Gasteiger charge is 2.41. The van der Waals surface area contributed by atoms with E-state index in [0.717, 1.165) is 50.3 Å². The van der Waals surface area contributed by atoms with E-state index >= 15 is 0 Å². The normalized spacial score (nSPS) is 19.2. The molecule has 0 saturated carbocycles. The van der Waals surface area contributed by atoms with Gasteiger partial charge in [0.15, 0.2) is 0 Å². The van der Waals surface area contributed by atoms with Gasteiger partial charge < -0.3 is 19.5 Å². The van der Waals surface area contributed by atoms with Crippen LogP contribution in [-0.2, 0) is 9.47 Å². The van der Waals surface area contributed by atoms with E-state index in [1.165, 1.54) is 0 Å². The molecule has 1 N–H and O–H groups in total. The number of methoxy groups -OCH3 is 2. The molecule has 2 heterocycles. The number of nitrogens with zero attached hydrogens (tertiary/aromatic N) is 1. The number of hydrogen-bond acceptors (Lipinski definition) is 5. The molecule has 1 unspecified atom stereocenters. The van der Waals surface area contributed by atoms with Gasteiger partial charge in [0.1, 0.15) is 5.75 Å². The molecular weight excluding hydrogens is 268 g/mol. The van der Waals surface area contributed by atoms with E-state index in [9.17, 15) is 0 Å². The van der Waals surface area contributed by atoms with Crippen LogP contribution in [0.3, 0.4) is 0 Å². The fourth-order valence-electron chi connectivity index (χ4n) is 2.93. The summed E-state index contributed by atoms with van der Waals surface area (Å²) < 4.78 is 16.8. The van der Waals surface area contributed by atoms with Gasteiger partial charge in [-0.3, -0.25) is 4.98 Å². The van der Waals surface area contributed by atoms with Gasteiger partial charge in [-0.2, -0.15) is 0 Å².